The van der Waals surface area contributed by atoms with Gasteiger partial charge in [-0.05, 0) is 17.7 Å². The molecule has 1 N–H and O–H groups in total. The molecular formula is C11H14O4. The van der Waals surface area contributed by atoms with Gasteiger partial charge in [-0.1, -0.05) is 12.1 Å². The Balaban J connectivity index is 2.78. The third-order valence-corrected chi connectivity index (χ3v) is 1.89. The van der Waals surface area contributed by atoms with Gasteiger partial charge in [0.2, 0.25) is 0 Å². The van der Waals surface area contributed by atoms with Gasteiger partial charge in [0, 0.05) is 14.0 Å². The van der Waals surface area contributed by atoms with E-state index in [1.54, 1.807) is 24.3 Å². The highest BCUT2D eigenvalue weighted by Crippen LogP contribution is 2.20. The number of benzene rings is 1. The van der Waals surface area contributed by atoms with Gasteiger partial charge in [0.25, 0.3) is 0 Å². The molecule has 0 aliphatic heterocycles. The van der Waals surface area contributed by atoms with Crippen LogP contribution in [0.15, 0.2) is 24.3 Å². The lowest BCUT2D eigenvalue weighted by Gasteiger charge is -2.16. The zero-order valence-electron chi connectivity index (χ0n) is 8.77. The van der Waals surface area contributed by atoms with Crippen molar-refractivity contribution in [3.8, 4) is 5.75 Å². The molecule has 0 heterocycles. The molecule has 0 fully saturated rings. The Morgan fingerprint density at radius 2 is 2.00 bits per heavy atom. The van der Waals surface area contributed by atoms with Crippen LogP contribution in [0.3, 0.4) is 0 Å². The van der Waals surface area contributed by atoms with Crippen LogP contribution >= 0.6 is 0 Å². The first kappa shape index (κ1) is 11.5. The minimum absolute atomic E-state index is 0.178. The average Bonchev–Trinajstić information content (AvgIpc) is 2.17. The van der Waals surface area contributed by atoms with Crippen LogP contribution in [0.2, 0.25) is 0 Å². The maximum atomic E-state index is 10.8. The minimum atomic E-state index is -0.423. The van der Waals surface area contributed by atoms with E-state index in [1.807, 2.05) is 0 Å². The summed E-state index contributed by atoms with van der Waals surface area (Å²) in [6.07, 6.45) is -0.423. The molecule has 0 spiro atoms. The largest absolute Gasteiger partial charge is 0.508 e. The molecule has 0 aliphatic carbocycles. The summed E-state index contributed by atoms with van der Waals surface area (Å²) in [6, 6.07) is 6.48. The molecule has 15 heavy (non-hydrogen) atoms. The van der Waals surface area contributed by atoms with Crippen LogP contribution in [-0.4, -0.2) is 24.8 Å². The SMILES string of the molecule is COCC(OC(C)=O)c1ccc(O)cc1. The average molecular weight is 210 g/mol. The predicted molar refractivity (Wildman–Crippen MR) is 54.5 cm³/mol. The van der Waals surface area contributed by atoms with Crippen LogP contribution in [0, 0.1) is 0 Å². The third-order valence-electron chi connectivity index (χ3n) is 1.89. The summed E-state index contributed by atoms with van der Waals surface area (Å²) in [7, 11) is 1.54. The van der Waals surface area contributed by atoms with Gasteiger partial charge in [0.05, 0.1) is 6.61 Å². The number of phenolic OH excluding ortho intramolecular Hbond substituents is 1. The van der Waals surface area contributed by atoms with Crippen LogP contribution in [-0.2, 0) is 14.3 Å². The van der Waals surface area contributed by atoms with Crippen LogP contribution in [0.1, 0.15) is 18.6 Å². The molecule has 1 aromatic rings. The third kappa shape index (κ3) is 3.59. The predicted octanol–water partition coefficient (Wildman–Crippen LogP) is 1.64. The van der Waals surface area contributed by atoms with Crippen molar-refractivity contribution >= 4 is 5.97 Å². The second-order valence-electron chi connectivity index (χ2n) is 3.14. The zero-order valence-corrected chi connectivity index (χ0v) is 8.77. The van der Waals surface area contributed by atoms with Crippen molar-refractivity contribution in [2.45, 2.75) is 13.0 Å². The number of aromatic hydroxyl groups is 1. The second kappa shape index (κ2) is 5.36. The summed E-state index contributed by atoms with van der Waals surface area (Å²) in [6.45, 7) is 1.65. The monoisotopic (exact) mass is 210 g/mol. The van der Waals surface area contributed by atoms with E-state index in [-0.39, 0.29) is 11.7 Å². The molecule has 0 amide bonds. The standard InChI is InChI=1S/C11H14O4/c1-8(12)15-11(7-14-2)9-3-5-10(13)6-4-9/h3-6,11,13H,7H2,1-2H3. The highest BCUT2D eigenvalue weighted by atomic mass is 16.6. The van der Waals surface area contributed by atoms with Crippen molar-refractivity contribution in [2.75, 3.05) is 13.7 Å². The smallest absolute Gasteiger partial charge is 0.303 e. The molecule has 0 bridgehead atoms. The summed E-state index contributed by atoms with van der Waals surface area (Å²) in [5.41, 5.74) is 0.796. The molecule has 1 rings (SSSR count). The second-order valence-corrected chi connectivity index (χ2v) is 3.14. The van der Waals surface area contributed by atoms with Crippen molar-refractivity contribution in [3.63, 3.8) is 0 Å². The van der Waals surface area contributed by atoms with Gasteiger partial charge in [-0.15, -0.1) is 0 Å². The highest BCUT2D eigenvalue weighted by molar-refractivity contribution is 5.66. The molecular weight excluding hydrogens is 196 g/mol. The number of hydrogen-bond donors (Lipinski definition) is 1. The molecule has 1 unspecified atom stereocenters. The minimum Gasteiger partial charge on any atom is -0.508 e. The quantitative estimate of drug-likeness (QED) is 0.767. The van der Waals surface area contributed by atoms with Crippen LogP contribution in [0.4, 0.5) is 0 Å². The Kier molecular flexibility index (Phi) is 4.12. The van der Waals surface area contributed by atoms with E-state index in [2.05, 4.69) is 0 Å². The maximum absolute atomic E-state index is 10.8. The molecule has 0 aromatic heterocycles. The van der Waals surface area contributed by atoms with E-state index in [9.17, 15) is 4.79 Å². The van der Waals surface area contributed by atoms with Gasteiger partial charge < -0.3 is 14.6 Å². The summed E-state index contributed by atoms with van der Waals surface area (Å²) in [5.74, 6) is -0.178. The maximum Gasteiger partial charge on any atom is 0.303 e. The van der Waals surface area contributed by atoms with E-state index in [0.29, 0.717) is 6.61 Å². The van der Waals surface area contributed by atoms with Gasteiger partial charge in [-0.2, -0.15) is 0 Å². The fourth-order valence-corrected chi connectivity index (χ4v) is 1.24. The normalized spacial score (nSPS) is 12.1. The highest BCUT2D eigenvalue weighted by Gasteiger charge is 2.14. The van der Waals surface area contributed by atoms with Crippen molar-refractivity contribution in [3.05, 3.63) is 29.8 Å². The van der Waals surface area contributed by atoms with Gasteiger partial charge in [-0.25, -0.2) is 0 Å². The first-order valence-electron chi connectivity index (χ1n) is 4.58. The van der Waals surface area contributed by atoms with E-state index >= 15 is 0 Å². The first-order chi connectivity index (χ1) is 7.13. The lowest BCUT2D eigenvalue weighted by molar-refractivity contribution is -0.149. The first-order valence-corrected chi connectivity index (χ1v) is 4.58. The van der Waals surface area contributed by atoms with Gasteiger partial charge in [-0.3, -0.25) is 4.79 Å². The molecule has 4 nitrogen and oxygen atoms in total. The number of methoxy groups -OCH3 is 1. The Morgan fingerprint density at radius 1 is 1.40 bits per heavy atom. The van der Waals surface area contributed by atoms with E-state index in [1.165, 1.54) is 14.0 Å². The van der Waals surface area contributed by atoms with E-state index in [0.717, 1.165) is 5.56 Å². The molecule has 4 heteroatoms. The van der Waals surface area contributed by atoms with Crippen LogP contribution < -0.4 is 0 Å². The Labute approximate surface area is 88.4 Å². The fourth-order valence-electron chi connectivity index (χ4n) is 1.24. The molecule has 0 saturated carbocycles. The molecule has 82 valence electrons. The molecule has 1 atom stereocenters. The van der Waals surface area contributed by atoms with Crippen LogP contribution in [0.25, 0.3) is 0 Å². The fraction of sp³-hybridized carbons (Fsp3) is 0.364. The van der Waals surface area contributed by atoms with Gasteiger partial charge >= 0.3 is 5.97 Å². The molecule has 1 aromatic carbocycles. The number of rotatable bonds is 4. The van der Waals surface area contributed by atoms with Crippen molar-refractivity contribution in [1.82, 2.24) is 0 Å². The Hall–Kier alpha value is -1.55. The number of ether oxygens (including phenoxy) is 2. The van der Waals surface area contributed by atoms with Crippen molar-refractivity contribution in [2.24, 2.45) is 0 Å². The van der Waals surface area contributed by atoms with Crippen molar-refractivity contribution < 1.29 is 19.4 Å². The summed E-state index contributed by atoms with van der Waals surface area (Å²) < 4.78 is 10.0. The number of phenols is 1. The summed E-state index contributed by atoms with van der Waals surface area (Å²) in [4.78, 5) is 10.8. The summed E-state index contributed by atoms with van der Waals surface area (Å²) in [5, 5.41) is 9.11. The molecule has 0 radical (unpaired) electrons. The number of carbonyl (C=O) groups excluding carboxylic acids is 1. The van der Waals surface area contributed by atoms with Gasteiger partial charge in [0.15, 0.2) is 6.10 Å². The topological polar surface area (TPSA) is 55.8 Å². The summed E-state index contributed by atoms with van der Waals surface area (Å²) >= 11 is 0. The lowest BCUT2D eigenvalue weighted by atomic mass is 10.1. The van der Waals surface area contributed by atoms with Crippen LogP contribution in [0.5, 0.6) is 5.75 Å². The molecule has 0 saturated heterocycles. The van der Waals surface area contributed by atoms with Gasteiger partial charge in [0.1, 0.15) is 5.75 Å². The van der Waals surface area contributed by atoms with E-state index < -0.39 is 6.10 Å². The van der Waals surface area contributed by atoms with Crippen molar-refractivity contribution in [1.29, 1.82) is 0 Å². The number of carbonyl (C=O) groups is 1. The Bertz CT molecular complexity index is 318. The lowest BCUT2D eigenvalue weighted by Crippen LogP contribution is -2.13. The Morgan fingerprint density at radius 3 is 2.47 bits per heavy atom. The number of hydrogen-bond acceptors (Lipinski definition) is 4. The zero-order chi connectivity index (χ0) is 11.3. The molecule has 0 aliphatic rings. The van der Waals surface area contributed by atoms with E-state index in [4.69, 9.17) is 14.6 Å². The number of esters is 1.